The molecule has 0 radical (unpaired) electrons. The second-order valence-electron chi connectivity index (χ2n) is 8.29. The van der Waals surface area contributed by atoms with Crippen LogP contribution in [0.15, 0.2) is 30.3 Å². The highest BCUT2D eigenvalue weighted by Crippen LogP contribution is 2.35. The van der Waals surface area contributed by atoms with Gasteiger partial charge in [0.1, 0.15) is 17.6 Å². The highest BCUT2D eigenvalue weighted by Gasteiger charge is 2.40. The molecule has 1 saturated heterocycles. The van der Waals surface area contributed by atoms with E-state index in [4.69, 9.17) is 9.72 Å². The van der Waals surface area contributed by atoms with E-state index in [0.717, 1.165) is 21.8 Å². The van der Waals surface area contributed by atoms with Crippen LogP contribution >= 0.6 is 0 Å². The molecule has 1 aliphatic rings. The van der Waals surface area contributed by atoms with Crippen molar-refractivity contribution >= 4 is 27.9 Å². The van der Waals surface area contributed by atoms with E-state index in [1.54, 1.807) is 20.8 Å². The first-order valence-corrected chi connectivity index (χ1v) is 9.24. The summed E-state index contributed by atoms with van der Waals surface area (Å²) < 4.78 is 19.6. The fourth-order valence-corrected chi connectivity index (χ4v) is 3.66. The summed E-state index contributed by atoms with van der Waals surface area (Å²) in [6.07, 6.45) is -1.38. The molecule has 2 unspecified atom stereocenters. The number of H-pyrrole nitrogens is 1. The number of fused-ring (bicyclic) bond motifs is 3. The van der Waals surface area contributed by atoms with E-state index < -0.39 is 23.9 Å². The zero-order valence-corrected chi connectivity index (χ0v) is 16.0. The predicted molar refractivity (Wildman–Crippen MR) is 104 cm³/mol. The average Bonchev–Trinajstić information content (AvgIpc) is 3.16. The predicted octanol–water partition coefficient (Wildman–Crippen LogP) is 5.04. The Morgan fingerprint density at radius 3 is 2.81 bits per heavy atom. The molecule has 6 heteroatoms. The molecule has 2 heterocycles. The normalized spacial score (nSPS) is 20.6. The van der Waals surface area contributed by atoms with Crippen LogP contribution in [0.5, 0.6) is 0 Å². The lowest BCUT2D eigenvalue weighted by Crippen LogP contribution is -2.37. The van der Waals surface area contributed by atoms with Gasteiger partial charge in [0, 0.05) is 11.8 Å². The highest BCUT2D eigenvalue weighted by molar-refractivity contribution is 6.04. The molecule has 27 heavy (non-hydrogen) atoms. The smallest absolute Gasteiger partial charge is 0.411 e. The number of nitrogens with zero attached hydrogens (tertiary/aromatic N) is 2. The number of likely N-dealkylation sites (tertiary alicyclic amines) is 1. The van der Waals surface area contributed by atoms with Gasteiger partial charge in [0.25, 0.3) is 0 Å². The maximum Gasteiger partial charge on any atom is 0.411 e. The molecule has 4 rings (SSSR count). The first-order chi connectivity index (χ1) is 12.7. The minimum absolute atomic E-state index is 0.0244. The standard InChI is InChI=1S/C21H24FN3O2/c1-12-5-7-15-13(9-12)6-8-16-18(15)24-19(23-16)17-10-14(22)11-25(17)20(26)27-21(2,3)4/h5-9,14,17H,10-11H2,1-4H3,(H,23,24). The summed E-state index contributed by atoms with van der Waals surface area (Å²) in [4.78, 5) is 22.0. The van der Waals surface area contributed by atoms with E-state index in [-0.39, 0.29) is 13.0 Å². The molecule has 1 N–H and O–H groups in total. The molecule has 3 aromatic rings. The van der Waals surface area contributed by atoms with Gasteiger partial charge in [0.05, 0.1) is 23.6 Å². The van der Waals surface area contributed by atoms with Crippen LogP contribution in [-0.4, -0.2) is 39.3 Å². The van der Waals surface area contributed by atoms with Gasteiger partial charge in [-0.1, -0.05) is 29.8 Å². The van der Waals surface area contributed by atoms with Crippen molar-refractivity contribution in [3.63, 3.8) is 0 Å². The third-order valence-electron chi connectivity index (χ3n) is 4.84. The Labute approximate surface area is 157 Å². The molecule has 142 valence electrons. The minimum Gasteiger partial charge on any atom is -0.444 e. The van der Waals surface area contributed by atoms with Crippen molar-refractivity contribution in [2.75, 3.05) is 6.54 Å². The molecular formula is C21H24FN3O2. The molecule has 2 aromatic carbocycles. The third kappa shape index (κ3) is 3.36. The van der Waals surface area contributed by atoms with E-state index in [1.807, 2.05) is 12.1 Å². The van der Waals surface area contributed by atoms with Crippen molar-refractivity contribution in [1.29, 1.82) is 0 Å². The van der Waals surface area contributed by atoms with Crippen molar-refractivity contribution < 1.29 is 13.9 Å². The van der Waals surface area contributed by atoms with Gasteiger partial charge < -0.3 is 9.72 Å². The summed E-state index contributed by atoms with van der Waals surface area (Å²) in [5.74, 6) is 0.601. The van der Waals surface area contributed by atoms with Crippen LogP contribution in [0, 0.1) is 6.92 Å². The number of hydrogen-bond donors (Lipinski definition) is 1. The number of carbonyl (C=O) groups excluding carboxylic acids is 1. The van der Waals surface area contributed by atoms with Gasteiger partial charge in [-0.3, -0.25) is 4.90 Å². The van der Waals surface area contributed by atoms with E-state index in [2.05, 4.69) is 30.1 Å². The van der Waals surface area contributed by atoms with Crippen LogP contribution in [0.1, 0.15) is 44.6 Å². The summed E-state index contributed by atoms with van der Waals surface area (Å²) in [6.45, 7) is 7.49. The monoisotopic (exact) mass is 369 g/mol. The first-order valence-electron chi connectivity index (χ1n) is 9.24. The van der Waals surface area contributed by atoms with Gasteiger partial charge in [0.2, 0.25) is 0 Å². The second-order valence-corrected chi connectivity index (χ2v) is 8.29. The lowest BCUT2D eigenvalue weighted by Gasteiger charge is -2.27. The second kappa shape index (κ2) is 6.22. The van der Waals surface area contributed by atoms with Crippen LogP contribution < -0.4 is 0 Å². The number of aromatic nitrogens is 2. The fraction of sp³-hybridized carbons (Fsp3) is 0.429. The van der Waals surface area contributed by atoms with Gasteiger partial charge in [-0.15, -0.1) is 0 Å². The Morgan fingerprint density at radius 1 is 1.30 bits per heavy atom. The maximum absolute atomic E-state index is 14.2. The number of aromatic amines is 1. The summed E-state index contributed by atoms with van der Waals surface area (Å²) in [7, 11) is 0. The van der Waals surface area contributed by atoms with Crippen LogP contribution in [0.25, 0.3) is 21.8 Å². The number of hydrogen-bond acceptors (Lipinski definition) is 3. The zero-order chi connectivity index (χ0) is 19.3. The van der Waals surface area contributed by atoms with Crippen LogP contribution in [0.3, 0.4) is 0 Å². The van der Waals surface area contributed by atoms with Crippen molar-refractivity contribution in [3.05, 3.63) is 41.7 Å². The molecule has 0 aliphatic carbocycles. The Hall–Kier alpha value is -2.63. The molecule has 0 bridgehead atoms. The van der Waals surface area contributed by atoms with Crippen molar-refractivity contribution in [3.8, 4) is 0 Å². The molecule has 5 nitrogen and oxygen atoms in total. The SMILES string of the molecule is Cc1ccc2c(ccc3[nH]c(C4CC(F)CN4C(=O)OC(C)(C)C)nc32)c1. The summed E-state index contributed by atoms with van der Waals surface area (Å²) in [6, 6.07) is 9.79. The van der Waals surface area contributed by atoms with Crippen LogP contribution in [-0.2, 0) is 4.74 Å². The van der Waals surface area contributed by atoms with E-state index in [1.165, 1.54) is 10.5 Å². The topological polar surface area (TPSA) is 58.2 Å². The summed E-state index contributed by atoms with van der Waals surface area (Å²) in [5.41, 5.74) is 2.28. The van der Waals surface area contributed by atoms with Gasteiger partial charge >= 0.3 is 6.09 Å². The number of nitrogens with one attached hydrogen (secondary N) is 1. The van der Waals surface area contributed by atoms with E-state index in [9.17, 15) is 9.18 Å². The summed E-state index contributed by atoms with van der Waals surface area (Å²) in [5, 5.41) is 2.15. The molecular weight excluding hydrogens is 345 g/mol. The number of carbonyl (C=O) groups is 1. The molecule has 1 fully saturated rings. The van der Waals surface area contributed by atoms with Gasteiger partial charge in [-0.2, -0.15) is 0 Å². The zero-order valence-electron chi connectivity index (χ0n) is 16.0. The molecule has 0 spiro atoms. The molecule has 0 saturated carbocycles. The summed E-state index contributed by atoms with van der Waals surface area (Å²) >= 11 is 0. The Kier molecular flexibility index (Phi) is 4.09. The lowest BCUT2D eigenvalue weighted by atomic mass is 10.1. The van der Waals surface area contributed by atoms with Crippen LogP contribution in [0.4, 0.5) is 9.18 Å². The fourth-order valence-electron chi connectivity index (χ4n) is 3.66. The Morgan fingerprint density at radius 2 is 2.07 bits per heavy atom. The van der Waals surface area contributed by atoms with Gasteiger partial charge in [-0.25, -0.2) is 14.2 Å². The Balaban J connectivity index is 1.73. The number of ether oxygens (including phenoxy) is 1. The largest absolute Gasteiger partial charge is 0.444 e. The number of rotatable bonds is 1. The van der Waals surface area contributed by atoms with Gasteiger partial charge in [0.15, 0.2) is 0 Å². The number of alkyl halides is 1. The molecule has 2 atom stereocenters. The average molecular weight is 369 g/mol. The number of benzene rings is 2. The van der Waals surface area contributed by atoms with Crippen molar-refractivity contribution in [2.45, 2.75) is 51.9 Å². The number of aryl methyl sites for hydroxylation is 1. The van der Waals surface area contributed by atoms with E-state index >= 15 is 0 Å². The molecule has 1 aromatic heterocycles. The van der Waals surface area contributed by atoms with Crippen molar-refractivity contribution in [1.82, 2.24) is 14.9 Å². The quantitative estimate of drug-likeness (QED) is 0.653. The first kappa shape index (κ1) is 17.8. The number of amides is 1. The van der Waals surface area contributed by atoms with Crippen molar-refractivity contribution in [2.24, 2.45) is 0 Å². The molecule has 1 amide bonds. The number of halogens is 1. The highest BCUT2D eigenvalue weighted by atomic mass is 19.1. The molecule has 1 aliphatic heterocycles. The maximum atomic E-state index is 14.2. The minimum atomic E-state index is -1.09. The lowest BCUT2D eigenvalue weighted by molar-refractivity contribution is 0.0211. The Bertz CT molecular complexity index is 1020. The van der Waals surface area contributed by atoms with Crippen LogP contribution in [0.2, 0.25) is 0 Å². The van der Waals surface area contributed by atoms with Gasteiger partial charge in [-0.05, 0) is 39.1 Å². The van der Waals surface area contributed by atoms with E-state index in [0.29, 0.717) is 5.82 Å². The third-order valence-corrected chi connectivity index (χ3v) is 4.84. The number of imidazole rings is 1.